The second-order valence-corrected chi connectivity index (χ2v) is 16.5. The average Bonchev–Trinajstić information content (AvgIpc) is 4.01. The number of nitrogens with zero attached hydrogens (tertiary/aromatic N) is 2. The van der Waals surface area contributed by atoms with Crippen molar-refractivity contribution in [3.05, 3.63) is 42.6 Å². The van der Waals surface area contributed by atoms with E-state index in [1.807, 2.05) is 57.2 Å². The predicted octanol–water partition coefficient (Wildman–Crippen LogP) is 3.50. The zero-order chi connectivity index (χ0) is 36.5. The molecule has 7 atom stereocenters. The van der Waals surface area contributed by atoms with Gasteiger partial charge in [0.2, 0.25) is 27.7 Å². The first kappa shape index (κ1) is 36.4. The first-order valence-electron chi connectivity index (χ1n) is 17.8. The lowest BCUT2D eigenvalue weighted by Gasteiger charge is -2.32. The molecule has 51 heavy (non-hydrogen) atoms. The fraction of sp³-hybridized carbons (Fsp3) is 0.583. The van der Waals surface area contributed by atoms with E-state index in [9.17, 15) is 32.7 Å². The van der Waals surface area contributed by atoms with Crippen molar-refractivity contribution >= 4 is 44.6 Å². The number of nitrogens with one attached hydrogen (secondary N) is 3. The number of carbonyl (C=O) groups is 4. The van der Waals surface area contributed by atoms with Crippen LogP contribution in [0.1, 0.15) is 72.1 Å². The van der Waals surface area contributed by atoms with E-state index in [1.165, 1.54) is 4.90 Å². The molecular weight excluding hydrogens is 678 g/mol. The summed E-state index contributed by atoms with van der Waals surface area (Å²) in [5, 5.41) is 15.9. The largest absolute Gasteiger partial charge is 0.494 e. The Morgan fingerprint density at radius 1 is 1.14 bits per heavy atom. The molecule has 0 radical (unpaired) electrons. The van der Waals surface area contributed by atoms with E-state index in [2.05, 4.69) is 20.3 Å². The van der Waals surface area contributed by atoms with Crippen LogP contribution in [-0.2, 0) is 24.4 Å². The highest BCUT2D eigenvalue weighted by atomic mass is 32.2. The zero-order valence-corrected chi connectivity index (χ0v) is 30.0. The van der Waals surface area contributed by atoms with E-state index in [0.717, 1.165) is 18.2 Å². The summed E-state index contributed by atoms with van der Waals surface area (Å²) in [5.74, 6) is -1.76. The number of hydrogen-bond acceptors (Lipinski definition) is 9. The number of sulfonamides is 1. The van der Waals surface area contributed by atoms with Crippen LogP contribution in [0, 0.1) is 17.8 Å². The molecule has 4 N–H and O–H groups in total. The van der Waals surface area contributed by atoms with E-state index < -0.39 is 74.7 Å². The third-order valence-corrected chi connectivity index (χ3v) is 12.2. The van der Waals surface area contributed by atoms with Crippen molar-refractivity contribution in [1.82, 2.24) is 25.2 Å². The van der Waals surface area contributed by atoms with Crippen LogP contribution in [0.4, 0.5) is 4.79 Å². The SMILES string of the molecule is CCCOc1ccc2c(O[C@@H]3C[C@H]4C(=O)N[C@]5(C(=O)NS(=O)(=O)C6CC6)C[C@H]5/C=C\CC[C@@H](C)C[C@@H](C)[C@H](NC(=O)O)C(=O)N4C3)nccc2c1. The number of aromatic nitrogens is 1. The number of ether oxygens (including phenoxy) is 2. The molecule has 276 valence electrons. The van der Waals surface area contributed by atoms with Crippen LogP contribution in [0.2, 0.25) is 0 Å². The number of carboxylic acid groups (broad SMARTS) is 1. The van der Waals surface area contributed by atoms with Gasteiger partial charge in [-0.25, -0.2) is 18.2 Å². The maximum absolute atomic E-state index is 14.3. The van der Waals surface area contributed by atoms with Crippen molar-refractivity contribution < 1.29 is 42.2 Å². The van der Waals surface area contributed by atoms with Crippen LogP contribution in [-0.4, -0.2) is 89.4 Å². The molecule has 15 heteroatoms. The zero-order valence-electron chi connectivity index (χ0n) is 29.2. The molecule has 0 unspecified atom stereocenters. The summed E-state index contributed by atoms with van der Waals surface area (Å²) >= 11 is 0. The maximum Gasteiger partial charge on any atom is 0.405 e. The average molecular weight is 726 g/mol. The highest BCUT2D eigenvalue weighted by Gasteiger charge is 2.62. The number of fused-ring (bicyclic) bond motifs is 3. The van der Waals surface area contributed by atoms with Crippen LogP contribution < -0.4 is 24.8 Å². The summed E-state index contributed by atoms with van der Waals surface area (Å²) in [7, 11) is -3.90. The van der Waals surface area contributed by atoms with E-state index in [0.29, 0.717) is 49.3 Å². The molecule has 14 nitrogen and oxygen atoms in total. The molecule has 2 saturated carbocycles. The van der Waals surface area contributed by atoms with Gasteiger partial charge in [-0.15, -0.1) is 0 Å². The summed E-state index contributed by atoms with van der Waals surface area (Å²) in [4.78, 5) is 60.0. The number of hydrogen-bond donors (Lipinski definition) is 4. The van der Waals surface area contributed by atoms with Crippen LogP contribution in [0.25, 0.3) is 10.8 Å². The summed E-state index contributed by atoms with van der Waals surface area (Å²) in [6.07, 6.45) is 7.26. The third kappa shape index (κ3) is 8.08. The molecule has 0 bridgehead atoms. The molecule has 2 aromatic rings. The lowest BCUT2D eigenvalue weighted by molar-refractivity contribution is -0.142. The van der Waals surface area contributed by atoms with Crippen LogP contribution >= 0.6 is 0 Å². The topological polar surface area (TPSA) is 193 Å². The van der Waals surface area contributed by atoms with Crippen LogP contribution in [0.15, 0.2) is 42.6 Å². The van der Waals surface area contributed by atoms with E-state index in [4.69, 9.17) is 9.47 Å². The third-order valence-electron chi connectivity index (χ3n) is 10.3. The molecule has 0 spiro atoms. The first-order chi connectivity index (χ1) is 24.3. The summed E-state index contributed by atoms with van der Waals surface area (Å²) in [6.45, 7) is 6.39. The number of benzene rings is 1. The predicted molar refractivity (Wildman–Crippen MR) is 187 cm³/mol. The van der Waals surface area contributed by atoms with Gasteiger partial charge in [0, 0.05) is 23.9 Å². The normalized spacial score (nSPS) is 30.5. The maximum atomic E-state index is 14.3. The fourth-order valence-corrected chi connectivity index (χ4v) is 8.68. The smallest absolute Gasteiger partial charge is 0.405 e. The number of allylic oxidation sites excluding steroid dienone is 1. The monoisotopic (exact) mass is 725 g/mol. The number of pyridine rings is 1. The van der Waals surface area contributed by atoms with Crippen LogP contribution in [0.3, 0.4) is 0 Å². The van der Waals surface area contributed by atoms with Gasteiger partial charge in [-0.05, 0) is 86.4 Å². The summed E-state index contributed by atoms with van der Waals surface area (Å²) < 4.78 is 39.9. The Hall–Kier alpha value is -4.40. The van der Waals surface area contributed by atoms with Crippen molar-refractivity contribution in [3.8, 4) is 11.6 Å². The van der Waals surface area contributed by atoms with Crippen molar-refractivity contribution in [1.29, 1.82) is 0 Å². The Labute approximate surface area is 297 Å². The Bertz CT molecular complexity index is 1810. The van der Waals surface area contributed by atoms with E-state index in [-0.39, 0.29) is 25.3 Å². The second kappa shape index (κ2) is 14.7. The molecule has 3 heterocycles. The molecule has 4 amide bonds. The van der Waals surface area contributed by atoms with E-state index in [1.54, 1.807) is 6.20 Å². The van der Waals surface area contributed by atoms with Gasteiger partial charge < -0.3 is 30.1 Å². The minimum atomic E-state index is -3.90. The highest BCUT2D eigenvalue weighted by molar-refractivity contribution is 7.91. The number of rotatable bonds is 9. The van der Waals surface area contributed by atoms with Gasteiger partial charge >= 0.3 is 6.09 Å². The molecule has 1 saturated heterocycles. The molecule has 1 aromatic heterocycles. The Morgan fingerprint density at radius 2 is 1.92 bits per heavy atom. The molecular formula is C36H47N5O9S. The van der Waals surface area contributed by atoms with Gasteiger partial charge in [-0.2, -0.15) is 0 Å². The highest BCUT2D eigenvalue weighted by Crippen LogP contribution is 2.46. The van der Waals surface area contributed by atoms with Crippen molar-refractivity contribution in [2.75, 3.05) is 13.2 Å². The second-order valence-electron chi connectivity index (χ2n) is 14.5. The molecule has 4 aliphatic rings. The number of amides is 4. The van der Waals surface area contributed by atoms with Gasteiger partial charge in [0.05, 0.1) is 18.4 Å². The molecule has 1 aromatic carbocycles. The Balaban J connectivity index is 1.31. The van der Waals surface area contributed by atoms with Gasteiger partial charge in [-0.3, -0.25) is 19.1 Å². The lowest BCUT2D eigenvalue weighted by Crippen LogP contribution is -2.59. The lowest BCUT2D eigenvalue weighted by atomic mass is 9.88. The summed E-state index contributed by atoms with van der Waals surface area (Å²) in [5.41, 5.74) is -1.52. The molecule has 3 fully saturated rings. The molecule has 2 aliphatic heterocycles. The number of carbonyl (C=O) groups excluding carboxylic acids is 3. The van der Waals surface area contributed by atoms with Gasteiger partial charge in [-0.1, -0.05) is 32.9 Å². The minimum absolute atomic E-state index is 0.0243. The first-order valence-corrected chi connectivity index (χ1v) is 19.4. The quantitative estimate of drug-likeness (QED) is 0.278. The summed E-state index contributed by atoms with van der Waals surface area (Å²) in [6, 6.07) is 5.08. The standard InChI is InChI=1S/C36H47N5O9S/c1-4-15-49-25-9-12-28-23(17-25)13-14-37-32(28)50-26-18-29-31(42)39-36(34(44)40-51(47,48)27-10-11-27)19-24(36)8-6-5-7-21(2)16-22(3)30(38-35(45)46)33(43)41(29)20-26/h6,8-9,12-14,17,21-22,24,26-27,29-30,38H,4-5,7,10-11,15-16,18-20H2,1-3H3,(H,39,42)(H,40,44)(H,45,46)/b8-6-/t21-,22-,24-,26-,29+,30+,36-/m1/s1. The Kier molecular flexibility index (Phi) is 10.5. The van der Waals surface area contributed by atoms with Gasteiger partial charge in [0.1, 0.15) is 29.5 Å². The Morgan fingerprint density at radius 3 is 2.65 bits per heavy atom. The van der Waals surface area contributed by atoms with Gasteiger partial charge in [0.25, 0.3) is 5.91 Å². The molecule has 6 rings (SSSR count). The van der Waals surface area contributed by atoms with Crippen molar-refractivity contribution in [2.24, 2.45) is 17.8 Å². The fourth-order valence-electron chi connectivity index (χ4n) is 7.32. The minimum Gasteiger partial charge on any atom is -0.494 e. The molecule has 2 aliphatic carbocycles. The van der Waals surface area contributed by atoms with Crippen molar-refractivity contribution in [3.63, 3.8) is 0 Å². The van der Waals surface area contributed by atoms with Crippen molar-refractivity contribution in [2.45, 2.75) is 101 Å². The van der Waals surface area contributed by atoms with Crippen LogP contribution in [0.5, 0.6) is 11.6 Å². The van der Waals surface area contributed by atoms with E-state index >= 15 is 0 Å². The van der Waals surface area contributed by atoms with Gasteiger partial charge in [0.15, 0.2) is 0 Å².